The van der Waals surface area contributed by atoms with Crippen LogP contribution in [0.3, 0.4) is 0 Å². The molecular weight excluding hydrogens is 196 g/mol. The first-order chi connectivity index (χ1) is 7.77. The summed E-state index contributed by atoms with van der Waals surface area (Å²) in [6.45, 7) is 5.83. The Balaban J connectivity index is 2.63. The zero-order valence-corrected chi connectivity index (χ0v) is 9.73. The molecule has 16 heavy (non-hydrogen) atoms. The average Bonchev–Trinajstić information content (AvgIpc) is 2.35. The van der Waals surface area contributed by atoms with Crippen LogP contribution in [0.25, 0.3) is 0 Å². The van der Waals surface area contributed by atoms with Crippen LogP contribution in [0, 0.1) is 5.92 Å². The van der Waals surface area contributed by atoms with Gasteiger partial charge in [0.25, 0.3) is 0 Å². The third-order valence-electron chi connectivity index (χ3n) is 2.57. The molecule has 0 saturated carbocycles. The van der Waals surface area contributed by atoms with Crippen molar-refractivity contribution >= 4 is 5.78 Å². The quantitative estimate of drug-likeness (QED) is 0.397. The van der Waals surface area contributed by atoms with E-state index in [1.54, 1.807) is 6.08 Å². The highest BCUT2D eigenvalue weighted by molar-refractivity contribution is 6.04. The molecule has 0 amide bonds. The summed E-state index contributed by atoms with van der Waals surface area (Å²) in [5, 5.41) is 0. The normalized spacial score (nSPS) is 12.6. The molecule has 0 aliphatic rings. The molecule has 0 bridgehead atoms. The number of benzene rings is 1. The Kier molecular flexibility index (Phi) is 5.27. The van der Waals surface area contributed by atoms with Crippen molar-refractivity contribution in [2.75, 3.05) is 0 Å². The van der Waals surface area contributed by atoms with E-state index in [-0.39, 0.29) is 5.78 Å². The van der Waals surface area contributed by atoms with Crippen molar-refractivity contribution in [1.29, 1.82) is 0 Å². The van der Waals surface area contributed by atoms with E-state index in [1.165, 1.54) is 0 Å². The highest BCUT2D eigenvalue weighted by atomic mass is 16.1. The number of allylic oxidation sites excluding steroid dienone is 3. The molecule has 1 rings (SSSR count). The van der Waals surface area contributed by atoms with Crippen LogP contribution < -0.4 is 0 Å². The smallest absolute Gasteiger partial charge is 0.185 e. The second kappa shape index (κ2) is 6.78. The number of rotatable bonds is 6. The van der Waals surface area contributed by atoms with Gasteiger partial charge in [-0.25, -0.2) is 0 Å². The van der Waals surface area contributed by atoms with Gasteiger partial charge >= 0.3 is 0 Å². The van der Waals surface area contributed by atoms with Crippen LogP contribution in [0.15, 0.2) is 55.1 Å². The number of hydrogen-bond acceptors (Lipinski definition) is 1. The van der Waals surface area contributed by atoms with Crippen LogP contribution in [-0.2, 0) is 0 Å². The lowest BCUT2D eigenvalue weighted by molar-refractivity contribution is 0.104. The van der Waals surface area contributed by atoms with Crippen LogP contribution in [0.1, 0.15) is 30.1 Å². The van der Waals surface area contributed by atoms with Gasteiger partial charge in [0, 0.05) is 5.56 Å². The van der Waals surface area contributed by atoms with Crippen LogP contribution in [0.4, 0.5) is 0 Å². The Hall–Kier alpha value is -1.63. The van der Waals surface area contributed by atoms with Crippen molar-refractivity contribution in [3.8, 4) is 0 Å². The molecule has 0 heterocycles. The minimum atomic E-state index is 0.0723. The Labute approximate surface area is 97.5 Å². The van der Waals surface area contributed by atoms with Crippen molar-refractivity contribution in [3.05, 3.63) is 60.7 Å². The van der Waals surface area contributed by atoms with Crippen molar-refractivity contribution in [2.45, 2.75) is 19.8 Å². The van der Waals surface area contributed by atoms with Crippen LogP contribution >= 0.6 is 0 Å². The summed E-state index contributed by atoms with van der Waals surface area (Å²) < 4.78 is 0. The summed E-state index contributed by atoms with van der Waals surface area (Å²) in [6, 6.07) is 9.33. The minimum absolute atomic E-state index is 0.0723. The molecule has 0 aromatic heterocycles. The van der Waals surface area contributed by atoms with E-state index in [0.29, 0.717) is 5.92 Å². The first kappa shape index (κ1) is 12.4. The van der Waals surface area contributed by atoms with Gasteiger partial charge in [-0.2, -0.15) is 0 Å². The molecule has 1 nitrogen and oxygen atoms in total. The third kappa shape index (κ3) is 3.85. The number of carbonyl (C=O) groups is 1. The zero-order valence-electron chi connectivity index (χ0n) is 9.73. The lowest BCUT2D eigenvalue weighted by atomic mass is 10.0. The fourth-order valence-corrected chi connectivity index (χ4v) is 1.52. The average molecular weight is 214 g/mol. The minimum Gasteiger partial charge on any atom is -0.289 e. The second-order valence-corrected chi connectivity index (χ2v) is 3.78. The fourth-order valence-electron chi connectivity index (χ4n) is 1.52. The molecule has 0 N–H and O–H groups in total. The van der Waals surface area contributed by atoms with Crippen molar-refractivity contribution in [3.63, 3.8) is 0 Å². The van der Waals surface area contributed by atoms with E-state index in [2.05, 4.69) is 13.5 Å². The molecule has 0 fully saturated rings. The van der Waals surface area contributed by atoms with Crippen molar-refractivity contribution in [2.24, 2.45) is 5.92 Å². The Morgan fingerprint density at radius 1 is 1.38 bits per heavy atom. The molecule has 0 aliphatic carbocycles. The van der Waals surface area contributed by atoms with Gasteiger partial charge in [0.2, 0.25) is 0 Å². The summed E-state index contributed by atoms with van der Waals surface area (Å²) in [4.78, 5) is 11.8. The summed E-state index contributed by atoms with van der Waals surface area (Å²) in [7, 11) is 0. The zero-order chi connectivity index (χ0) is 11.8. The molecule has 0 radical (unpaired) electrons. The van der Waals surface area contributed by atoms with Crippen LogP contribution in [-0.4, -0.2) is 5.78 Å². The van der Waals surface area contributed by atoms with Crippen LogP contribution in [0.5, 0.6) is 0 Å². The standard InChI is InChI=1S/C15H18O/c1-3-8-13(4-2)11-12-15(16)14-9-6-5-7-10-14/h3,5-7,9-13H,1,4,8H2,2H3/b12-11+. The van der Waals surface area contributed by atoms with E-state index in [9.17, 15) is 4.79 Å². The highest BCUT2D eigenvalue weighted by Crippen LogP contribution is 2.11. The van der Waals surface area contributed by atoms with Crippen LogP contribution in [0.2, 0.25) is 0 Å². The molecule has 84 valence electrons. The van der Waals surface area contributed by atoms with Gasteiger partial charge in [-0.1, -0.05) is 49.4 Å². The maximum atomic E-state index is 11.8. The van der Waals surface area contributed by atoms with Gasteiger partial charge in [-0.15, -0.1) is 6.58 Å². The van der Waals surface area contributed by atoms with Gasteiger partial charge in [0.05, 0.1) is 0 Å². The van der Waals surface area contributed by atoms with Gasteiger partial charge < -0.3 is 0 Å². The molecule has 0 aliphatic heterocycles. The topological polar surface area (TPSA) is 17.1 Å². The Morgan fingerprint density at radius 2 is 2.06 bits per heavy atom. The monoisotopic (exact) mass is 214 g/mol. The lowest BCUT2D eigenvalue weighted by Gasteiger charge is -2.05. The maximum absolute atomic E-state index is 11.8. The maximum Gasteiger partial charge on any atom is 0.185 e. The van der Waals surface area contributed by atoms with E-state index < -0.39 is 0 Å². The number of carbonyl (C=O) groups excluding carboxylic acids is 1. The molecule has 1 unspecified atom stereocenters. The lowest BCUT2D eigenvalue weighted by Crippen LogP contribution is -1.97. The fraction of sp³-hybridized carbons (Fsp3) is 0.267. The first-order valence-electron chi connectivity index (χ1n) is 5.66. The molecule has 1 atom stereocenters. The van der Waals surface area contributed by atoms with Gasteiger partial charge in [0.15, 0.2) is 5.78 Å². The summed E-state index contributed by atoms with van der Waals surface area (Å²) in [6.07, 6.45) is 7.51. The molecule has 1 heteroatoms. The highest BCUT2D eigenvalue weighted by Gasteiger charge is 2.02. The molecular formula is C15H18O. The number of ketones is 1. The van der Waals surface area contributed by atoms with Gasteiger partial charge in [-0.05, 0) is 24.8 Å². The molecule has 1 aromatic rings. The Bertz CT molecular complexity index is 362. The van der Waals surface area contributed by atoms with Gasteiger partial charge in [0.1, 0.15) is 0 Å². The molecule has 1 aromatic carbocycles. The summed E-state index contributed by atoms with van der Waals surface area (Å²) in [5.41, 5.74) is 0.743. The van der Waals surface area contributed by atoms with Crippen molar-refractivity contribution < 1.29 is 4.79 Å². The van der Waals surface area contributed by atoms with Gasteiger partial charge in [-0.3, -0.25) is 4.79 Å². The second-order valence-electron chi connectivity index (χ2n) is 3.78. The SMILES string of the molecule is C=CCC(/C=C/C(=O)c1ccccc1)CC. The largest absolute Gasteiger partial charge is 0.289 e. The summed E-state index contributed by atoms with van der Waals surface area (Å²) >= 11 is 0. The molecule has 0 spiro atoms. The predicted molar refractivity (Wildman–Crippen MR) is 68.5 cm³/mol. The van der Waals surface area contributed by atoms with E-state index >= 15 is 0 Å². The third-order valence-corrected chi connectivity index (χ3v) is 2.57. The Morgan fingerprint density at radius 3 is 2.62 bits per heavy atom. The first-order valence-corrected chi connectivity index (χ1v) is 5.66. The van der Waals surface area contributed by atoms with E-state index in [1.807, 2.05) is 42.5 Å². The predicted octanol–water partition coefficient (Wildman–Crippen LogP) is 4.03. The van der Waals surface area contributed by atoms with Crippen molar-refractivity contribution in [1.82, 2.24) is 0 Å². The van der Waals surface area contributed by atoms with E-state index in [0.717, 1.165) is 18.4 Å². The number of hydrogen-bond donors (Lipinski definition) is 0. The van der Waals surface area contributed by atoms with E-state index in [4.69, 9.17) is 0 Å². The summed E-state index contributed by atoms with van der Waals surface area (Å²) in [5.74, 6) is 0.494. The molecule has 0 saturated heterocycles.